The van der Waals surface area contributed by atoms with Gasteiger partial charge >= 0.3 is 0 Å². The molecule has 5 heteroatoms. The molecule has 1 atom stereocenters. The number of halogens is 1. The average molecular weight is 349 g/mol. The zero-order chi connectivity index (χ0) is 14.7. The Morgan fingerprint density at radius 3 is 2.90 bits per heavy atom. The molecule has 1 aromatic carbocycles. The average Bonchev–Trinajstić information content (AvgIpc) is 3.22. The Kier molecular flexibility index (Phi) is 4.70. The molecule has 1 aromatic heterocycles. The molecule has 0 saturated heterocycles. The Bertz CT molecular complexity index is 591. The molecule has 0 amide bonds. The molecule has 1 aliphatic carbocycles. The second-order valence-corrected chi connectivity index (χ2v) is 6.45. The lowest BCUT2D eigenvalue weighted by atomic mass is 9.95. The molecular formula is C16H21BrN4. The number of aromatic nitrogens is 3. The van der Waals surface area contributed by atoms with Gasteiger partial charge in [-0.05, 0) is 31.4 Å². The molecule has 4 nitrogen and oxygen atoms in total. The summed E-state index contributed by atoms with van der Waals surface area (Å²) in [6.45, 7) is 3.96. The van der Waals surface area contributed by atoms with Crippen molar-refractivity contribution in [2.24, 2.45) is 0 Å². The monoisotopic (exact) mass is 348 g/mol. The smallest absolute Gasteiger partial charge is 0.138 e. The van der Waals surface area contributed by atoms with Gasteiger partial charge < -0.3 is 5.32 Å². The molecule has 112 valence electrons. The molecule has 2 aromatic rings. The van der Waals surface area contributed by atoms with Crippen LogP contribution in [-0.4, -0.2) is 27.4 Å². The summed E-state index contributed by atoms with van der Waals surface area (Å²) in [6, 6.07) is 9.21. The van der Waals surface area contributed by atoms with Gasteiger partial charge in [-0.15, -0.1) is 0 Å². The van der Waals surface area contributed by atoms with Crippen LogP contribution < -0.4 is 5.32 Å². The molecular weight excluding hydrogens is 328 g/mol. The van der Waals surface area contributed by atoms with Crippen molar-refractivity contribution in [2.45, 2.75) is 44.7 Å². The lowest BCUT2D eigenvalue weighted by molar-refractivity contribution is 0.534. The van der Waals surface area contributed by atoms with Crippen molar-refractivity contribution in [3.63, 3.8) is 0 Å². The normalized spacial score (nSPS) is 16.1. The SMILES string of the molecule is CCn1ncnc1CC(CNC1CC1)c1ccccc1Br. The first-order valence-electron chi connectivity index (χ1n) is 7.62. The van der Waals surface area contributed by atoms with Crippen molar-refractivity contribution in [3.05, 3.63) is 46.5 Å². The number of aryl methyl sites for hydroxylation is 1. The summed E-state index contributed by atoms with van der Waals surface area (Å²) in [5, 5.41) is 7.94. The number of benzene rings is 1. The Balaban J connectivity index is 1.79. The maximum Gasteiger partial charge on any atom is 0.138 e. The minimum Gasteiger partial charge on any atom is -0.313 e. The predicted octanol–water partition coefficient (Wildman–Crippen LogP) is 3.14. The maximum absolute atomic E-state index is 4.43. The molecule has 0 bridgehead atoms. The minimum absolute atomic E-state index is 0.413. The third-order valence-corrected chi connectivity index (χ3v) is 4.72. The number of nitrogens with one attached hydrogen (secondary N) is 1. The highest BCUT2D eigenvalue weighted by Crippen LogP contribution is 2.28. The molecule has 3 rings (SSSR count). The Morgan fingerprint density at radius 1 is 1.38 bits per heavy atom. The van der Waals surface area contributed by atoms with Gasteiger partial charge in [-0.25, -0.2) is 4.98 Å². The van der Waals surface area contributed by atoms with E-state index in [9.17, 15) is 0 Å². The lowest BCUT2D eigenvalue weighted by Gasteiger charge is -2.19. The van der Waals surface area contributed by atoms with E-state index in [2.05, 4.69) is 62.5 Å². The van der Waals surface area contributed by atoms with Crippen LogP contribution in [-0.2, 0) is 13.0 Å². The Labute approximate surface area is 134 Å². The molecule has 1 unspecified atom stereocenters. The van der Waals surface area contributed by atoms with Crippen LogP contribution in [0.25, 0.3) is 0 Å². The van der Waals surface area contributed by atoms with Crippen LogP contribution in [0, 0.1) is 0 Å². The number of hydrogen-bond donors (Lipinski definition) is 1. The second kappa shape index (κ2) is 6.71. The number of hydrogen-bond acceptors (Lipinski definition) is 3. The molecule has 21 heavy (non-hydrogen) atoms. The van der Waals surface area contributed by atoms with Gasteiger partial charge in [0.05, 0.1) is 0 Å². The Hall–Kier alpha value is -1.20. The van der Waals surface area contributed by atoms with Gasteiger partial charge in [-0.2, -0.15) is 5.10 Å². The standard InChI is InChI=1S/C16H21BrN4/c1-2-21-16(19-11-20-21)9-12(10-18-13-7-8-13)14-5-3-4-6-15(14)17/h3-6,11-13,18H,2,7-10H2,1H3. The number of rotatable bonds is 7. The fraction of sp³-hybridized carbons (Fsp3) is 0.500. The van der Waals surface area contributed by atoms with Crippen molar-refractivity contribution in [3.8, 4) is 0 Å². The first-order valence-corrected chi connectivity index (χ1v) is 8.41. The highest BCUT2D eigenvalue weighted by molar-refractivity contribution is 9.10. The van der Waals surface area contributed by atoms with E-state index in [4.69, 9.17) is 0 Å². The van der Waals surface area contributed by atoms with Crippen LogP contribution in [0.3, 0.4) is 0 Å². The molecule has 1 aliphatic rings. The van der Waals surface area contributed by atoms with Gasteiger partial charge in [-0.3, -0.25) is 4.68 Å². The minimum atomic E-state index is 0.413. The van der Waals surface area contributed by atoms with Crippen LogP contribution in [0.5, 0.6) is 0 Å². The van der Waals surface area contributed by atoms with E-state index in [1.807, 2.05) is 4.68 Å². The van der Waals surface area contributed by atoms with E-state index in [-0.39, 0.29) is 0 Å². The third-order valence-electron chi connectivity index (χ3n) is 4.00. The fourth-order valence-electron chi connectivity index (χ4n) is 2.63. The van der Waals surface area contributed by atoms with Crippen LogP contribution in [0.2, 0.25) is 0 Å². The van der Waals surface area contributed by atoms with E-state index < -0.39 is 0 Å². The van der Waals surface area contributed by atoms with E-state index >= 15 is 0 Å². The molecule has 1 heterocycles. The molecule has 1 fully saturated rings. The summed E-state index contributed by atoms with van der Waals surface area (Å²) in [6.07, 6.45) is 5.20. The van der Waals surface area contributed by atoms with Crippen molar-refractivity contribution in [1.82, 2.24) is 20.1 Å². The summed E-state index contributed by atoms with van der Waals surface area (Å²) in [4.78, 5) is 4.43. The second-order valence-electron chi connectivity index (χ2n) is 5.60. The van der Waals surface area contributed by atoms with E-state index in [0.717, 1.165) is 31.4 Å². The van der Waals surface area contributed by atoms with Crippen molar-refractivity contribution >= 4 is 15.9 Å². The van der Waals surface area contributed by atoms with Crippen molar-refractivity contribution < 1.29 is 0 Å². The maximum atomic E-state index is 4.43. The van der Waals surface area contributed by atoms with Gasteiger partial charge in [0.1, 0.15) is 12.2 Å². The van der Waals surface area contributed by atoms with Gasteiger partial charge in [0.25, 0.3) is 0 Å². The highest BCUT2D eigenvalue weighted by atomic mass is 79.9. The first kappa shape index (κ1) is 14.7. The van der Waals surface area contributed by atoms with Gasteiger partial charge in [0.15, 0.2) is 0 Å². The molecule has 0 aliphatic heterocycles. The lowest BCUT2D eigenvalue weighted by Crippen LogP contribution is -2.26. The topological polar surface area (TPSA) is 42.7 Å². The molecule has 0 radical (unpaired) electrons. The summed E-state index contributed by atoms with van der Waals surface area (Å²) in [5.41, 5.74) is 1.34. The van der Waals surface area contributed by atoms with E-state index in [1.54, 1.807) is 6.33 Å². The van der Waals surface area contributed by atoms with Crippen LogP contribution >= 0.6 is 15.9 Å². The van der Waals surface area contributed by atoms with Crippen molar-refractivity contribution in [2.75, 3.05) is 6.54 Å². The van der Waals surface area contributed by atoms with Crippen LogP contribution in [0.4, 0.5) is 0 Å². The quantitative estimate of drug-likeness (QED) is 0.835. The van der Waals surface area contributed by atoms with E-state index in [0.29, 0.717) is 5.92 Å². The molecule has 1 N–H and O–H groups in total. The fourth-order valence-corrected chi connectivity index (χ4v) is 3.23. The molecule has 1 saturated carbocycles. The van der Waals surface area contributed by atoms with Gasteiger partial charge in [-0.1, -0.05) is 34.1 Å². The summed E-state index contributed by atoms with van der Waals surface area (Å²) < 4.78 is 3.16. The van der Waals surface area contributed by atoms with Crippen molar-refractivity contribution in [1.29, 1.82) is 0 Å². The first-order chi connectivity index (χ1) is 10.3. The zero-order valence-electron chi connectivity index (χ0n) is 12.3. The van der Waals surface area contributed by atoms with Gasteiger partial charge in [0, 0.05) is 35.9 Å². The van der Waals surface area contributed by atoms with Crippen LogP contribution in [0.1, 0.15) is 37.1 Å². The summed E-state index contributed by atoms with van der Waals surface area (Å²) in [5.74, 6) is 1.48. The Morgan fingerprint density at radius 2 is 2.19 bits per heavy atom. The summed E-state index contributed by atoms with van der Waals surface area (Å²) >= 11 is 3.69. The van der Waals surface area contributed by atoms with E-state index in [1.165, 1.54) is 22.9 Å². The predicted molar refractivity (Wildman–Crippen MR) is 87.3 cm³/mol. The molecule has 0 spiro atoms. The highest BCUT2D eigenvalue weighted by Gasteiger charge is 2.24. The zero-order valence-corrected chi connectivity index (χ0v) is 13.9. The largest absolute Gasteiger partial charge is 0.313 e. The summed E-state index contributed by atoms with van der Waals surface area (Å²) in [7, 11) is 0. The van der Waals surface area contributed by atoms with Crippen LogP contribution in [0.15, 0.2) is 35.1 Å². The van der Waals surface area contributed by atoms with Gasteiger partial charge in [0.2, 0.25) is 0 Å². The number of nitrogens with zero attached hydrogens (tertiary/aromatic N) is 3. The third kappa shape index (κ3) is 3.71.